The molecule has 1 aliphatic carbocycles. The number of hydrogen-bond donors (Lipinski definition) is 1. The largest absolute Gasteiger partial charge is 0.306 e. The molecule has 2 rings (SSSR count). The molecular formula is C11H18N2S. The summed E-state index contributed by atoms with van der Waals surface area (Å²) < 4.78 is 0. The van der Waals surface area contributed by atoms with Gasteiger partial charge in [-0.15, -0.1) is 11.3 Å². The number of thiazole rings is 1. The normalized spacial score (nSPS) is 28.5. The van der Waals surface area contributed by atoms with Crippen molar-refractivity contribution < 1.29 is 0 Å². The molecule has 0 amide bonds. The maximum absolute atomic E-state index is 4.50. The molecule has 1 heterocycles. The maximum atomic E-state index is 4.50. The SMILES string of the molecule is Cc1nc(C(C)NC2CC(C)C2)cs1. The van der Waals surface area contributed by atoms with E-state index in [4.69, 9.17) is 0 Å². The fourth-order valence-corrected chi connectivity index (χ4v) is 2.76. The molecule has 1 atom stereocenters. The Labute approximate surface area is 89.8 Å². The first kappa shape index (κ1) is 10.1. The van der Waals surface area contributed by atoms with Crippen molar-refractivity contribution in [2.75, 3.05) is 0 Å². The molecule has 0 saturated heterocycles. The number of nitrogens with zero attached hydrogens (tertiary/aromatic N) is 1. The molecule has 2 nitrogen and oxygen atoms in total. The lowest BCUT2D eigenvalue weighted by molar-refractivity contribution is 0.225. The Morgan fingerprint density at radius 3 is 2.79 bits per heavy atom. The lowest BCUT2D eigenvalue weighted by Crippen LogP contribution is -2.41. The first-order valence-corrected chi connectivity index (χ1v) is 6.21. The summed E-state index contributed by atoms with van der Waals surface area (Å²) in [4.78, 5) is 4.50. The molecule has 0 spiro atoms. The molecule has 1 aromatic rings. The third-order valence-corrected chi connectivity index (χ3v) is 3.73. The second-order valence-electron chi connectivity index (χ2n) is 4.45. The van der Waals surface area contributed by atoms with Gasteiger partial charge in [0.05, 0.1) is 10.7 Å². The summed E-state index contributed by atoms with van der Waals surface area (Å²) in [7, 11) is 0. The topological polar surface area (TPSA) is 24.9 Å². The van der Waals surface area contributed by atoms with Crippen LogP contribution in [-0.4, -0.2) is 11.0 Å². The average Bonchev–Trinajstić information content (AvgIpc) is 2.49. The fourth-order valence-electron chi connectivity index (χ4n) is 2.06. The van der Waals surface area contributed by atoms with Gasteiger partial charge >= 0.3 is 0 Å². The highest BCUT2D eigenvalue weighted by atomic mass is 32.1. The second-order valence-corrected chi connectivity index (χ2v) is 5.52. The molecule has 1 unspecified atom stereocenters. The van der Waals surface area contributed by atoms with Crippen LogP contribution in [0.1, 0.15) is 43.4 Å². The molecular weight excluding hydrogens is 192 g/mol. The molecule has 1 aliphatic rings. The van der Waals surface area contributed by atoms with Crippen LogP contribution >= 0.6 is 11.3 Å². The lowest BCUT2D eigenvalue weighted by atomic mass is 9.81. The van der Waals surface area contributed by atoms with Gasteiger partial charge < -0.3 is 5.32 Å². The van der Waals surface area contributed by atoms with Crippen molar-refractivity contribution in [2.24, 2.45) is 5.92 Å². The maximum Gasteiger partial charge on any atom is 0.0898 e. The van der Waals surface area contributed by atoms with Gasteiger partial charge in [0.2, 0.25) is 0 Å². The summed E-state index contributed by atoms with van der Waals surface area (Å²) in [6.07, 6.45) is 2.65. The van der Waals surface area contributed by atoms with Crippen molar-refractivity contribution in [3.8, 4) is 0 Å². The molecule has 0 bridgehead atoms. The van der Waals surface area contributed by atoms with Crippen molar-refractivity contribution in [3.63, 3.8) is 0 Å². The monoisotopic (exact) mass is 210 g/mol. The smallest absolute Gasteiger partial charge is 0.0898 e. The number of hydrogen-bond acceptors (Lipinski definition) is 3. The molecule has 0 radical (unpaired) electrons. The van der Waals surface area contributed by atoms with E-state index in [1.165, 1.54) is 18.5 Å². The van der Waals surface area contributed by atoms with Gasteiger partial charge in [0.25, 0.3) is 0 Å². The highest BCUT2D eigenvalue weighted by Gasteiger charge is 2.26. The molecule has 0 aromatic carbocycles. The van der Waals surface area contributed by atoms with E-state index in [1.54, 1.807) is 11.3 Å². The second kappa shape index (κ2) is 3.99. The van der Waals surface area contributed by atoms with Crippen LogP contribution in [-0.2, 0) is 0 Å². The van der Waals surface area contributed by atoms with Crippen LogP contribution < -0.4 is 5.32 Å². The van der Waals surface area contributed by atoms with Gasteiger partial charge in [-0.3, -0.25) is 0 Å². The molecule has 1 aromatic heterocycles. The van der Waals surface area contributed by atoms with Crippen LogP contribution in [0.3, 0.4) is 0 Å². The molecule has 78 valence electrons. The van der Waals surface area contributed by atoms with Gasteiger partial charge in [0, 0.05) is 17.5 Å². The van der Waals surface area contributed by atoms with Crippen LogP contribution in [0, 0.1) is 12.8 Å². The van der Waals surface area contributed by atoms with E-state index in [0.717, 1.165) is 17.0 Å². The van der Waals surface area contributed by atoms with Gasteiger partial charge in [-0.1, -0.05) is 6.92 Å². The summed E-state index contributed by atoms with van der Waals surface area (Å²) in [5, 5.41) is 6.94. The molecule has 1 N–H and O–H groups in total. The van der Waals surface area contributed by atoms with Crippen molar-refractivity contribution in [2.45, 2.75) is 45.7 Å². The first-order valence-electron chi connectivity index (χ1n) is 5.33. The zero-order chi connectivity index (χ0) is 10.1. The third kappa shape index (κ3) is 2.15. The number of aryl methyl sites for hydroxylation is 1. The predicted octanol–water partition coefficient (Wildman–Crippen LogP) is 2.90. The van der Waals surface area contributed by atoms with Crippen molar-refractivity contribution in [3.05, 3.63) is 16.1 Å². The summed E-state index contributed by atoms with van der Waals surface area (Å²) in [6.45, 7) is 6.58. The Hall–Kier alpha value is -0.410. The zero-order valence-corrected chi connectivity index (χ0v) is 9.90. The molecule has 1 saturated carbocycles. The van der Waals surface area contributed by atoms with E-state index in [2.05, 4.69) is 36.5 Å². The van der Waals surface area contributed by atoms with E-state index in [-0.39, 0.29) is 0 Å². The zero-order valence-electron chi connectivity index (χ0n) is 9.08. The third-order valence-electron chi connectivity index (χ3n) is 2.94. The number of rotatable bonds is 3. The quantitative estimate of drug-likeness (QED) is 0.829. The summed E-state index contributed by atoms with van der Waals surface area (Å²) in [5.41, 5.74) is 1.20. The highest BCUT2D eigenvalue weighted by molar-refractivity contribution is 7.09. The molecule has 3 heteroatoms. The standard InChI is InChI=1S/C11H18N2S/c1-7-4-10(5-7)12-8(2)11-6-14-9(3)13-11/h6-8,10,12H,4-5H2,1-3H3. The minimum absolute atomic E-state index is 0.414. The molecule has 14 heavy (non-hydrogen) atoms. The van der Waals surface area contributed by atoms with Crippen LogP contribution in [0.2, 0.25) is 0 Å². The van der Waals surface area contributed by atoms with Crippen LogP contribution in [0.4, 0.5) is 0 Å². The minimum Gasteiger partial charge on any atom is -0.306 e. The summed E-state index contributed by atoms with van der Waals surface area (Å²) >= 11 is 1.73. The van der Waals surface area contributed by atoms with Crippen LogP contribution in [0.5, 0.6) is 0 Å². The van der Waals surface area contributed by atoms with Crippen molar-refractivity contribution in [1.29, 1.82) is 0 Å². The fraction of sp³-hybridized carbons (Fsp3) is 0.727. The first-order chi connectivity index (χ1) is 6.65. The lowest BCUT2D eigenvalue weighted by Gasteiger charge is -2.35. The Morgan fingerprint density at radius 2 is 2.29 bits per heavy atom. The van der Waals surface area contributed by atoms with Crippen LogP contribution in [0.15, 0.2) is 5.38 Å². The van der Waals surface area contributed by atoms with Gasteiger partial charge in [0.1, 0.15) is 0 Å². The predicted molar refractivity (Wildman–Crippen MR) is 60.6 cm³/mol. The van der Waals surface area contributed by atoms with E-state index >= 15 is 0 Å². The highest BCUT2D eigenvalue weighted by Crippen LogP contribution is 2.28. The average molecular weight is 210 g/mol. The van der Waals surface area contributed by atoms with Crippen LogP contribution in [0.25, 0.3) is 0 Å². The van der Waals surface area contributed by atoms with Gasteiger partial charge in [-0.05, 0) is 32.6 Å². The Morgan fingerprint density at radius 1 is 1.57 bits per heavy atom. The number of nitrogens with one attached hydrogen (secondary N) is 1. The Bertz CT molecular complexity index is 302. The minimum atomic E-state index is 0.414. The van der Waals surface area contributed by atoms with E-state index in [0.29, 0.717) is 6.04 Å². The van der Waals surface area contributed by atoms with Crippen molar-refractivity contribution >= 4 is 11.3 Å². The van der Waals surface area contributed by atoms with Gasteiger partial charge in [-0.2, -0.15) is 0 Å². The summed E-state index contributed by atoms with van der Waals surface area (Å²) in [6, 6.07) is 1.14. The van der Waals surface area contributed by atoms with E-state index in [1.807, 2.05) is 0 Å². The Balaban J connectivity index is 1.86. The van der Waals surface area contributed by atoms with Gasteiger partial charge in [-0.25, -0.2) is 4.98 Å². The molecule has 0 aliphatic heterocycles. The van der Waals surface area contributed by atoms with E-state index in [9.17, 15) is 0 Å². The molecule has 1 fully saturated rings. The van der Waals surface area contributed by atoms with E-state index < -0.39 is 0 Å². The number of aromatic nitrogens is 1. The Kier molecular flexibility index (Phi) is 2.88. The van der Waals surface area contributed by atoms with Gasteiger partial charge in [0.15, 0.2) is 0 Å². The van der Waals surface area contributed by atoms with Crippen molar-refractivity contribution in [1.82, 2.24) is 10.3 Å². The summed E-state index contributed by atoms with van der Waals surface area (Å²) in [5.74, 6) is 0.914.